The second-order valence-electron chi connectivity index (χ2n) is 13.5. The van der Waals surface area contributed by atoms with Gasteiger partial charge in [0, 0.05) is 16.7 Å². The molecule has 0 N–H and O–H groups in total. The Balaban J connectivity index is 1.30. The van der Waals surface area contributed by atoms with Crippen LogP contribution in [0.1, 0.15) is 39.3 Å². The predicted molar refractivity (Wildman–Crippen MR) is 208 cm³/mol. The van der Waals surface area contributed by atoms with E-state index >= 15 is 0 Å². The maximum absolute atomic E-state index is 6.16. The van der Waals surface area contributed by atoms with E-state index in [0.717, 1.165) is 21.9 Å². The van der Waals surface area contributed by atoms with Crippen LogP contribution in [0.4, 0.5) is 0 Å². The summed E-state index contributed by atoms with van der Waals surface area (Å²) in [6.07, 6.45) is 0. The van der Waals surface area contributed by atoms with Crippen molar-refractivity contribution < 1.29 is 4.42 Å². The maximum atomic E-state index is 6.16. The number of benzene rings is 8. The molecule has 0 unspecified atom stereocenters. The van der Waals surface area contributed by atoms with Crippen molar-refractivity contribution in [2.45, 2.75) is 26.7 Å². The molecular formula is C48H36O. The Morgan fingerprint density at radius 2 is 0.878 bits per heavy atom. The van der Waals surface area contributed by atoms with Gasteiger partial charge in [-0.15, -0.1) is 0 Å². The summed E-state index contributed by atoms with van der Waals surface area (Å²) >= 11 is 0. The van der Waals surface area contributed by atoms with Gasteiger partial charge in [-0.1, -0.05) is 145 Å². The highest BCUT2D eigenvalue weighted by molar-refractivity contribution is 6.16. The molecule has 9 rings (SSSR count). The topological polar surface area (TPSA) is 13.1 Å². The van der Waals surface area contributed by atoms with Crippen molar-refractivity contribution in [2.75, 3.05) is 0 Å². The SMILES string of the molecule is Cc1ccc(C(c2ccc(C)cc2)c2c3ccccc3c(-c3cc(C)cc(-c4ccc5oc6ccccc6c5c4)c3)c3ccccc23)cc1. The molecule has 0 bridgehead atoms. The van der Waals surface area contributed by atoms with Gasteiger partial charge in [0.2, 0.25) is 0 Å². The third kappa shape index (κ3) is 5.02. The van der Waals surface area contributed by atoms with E-state index in [0.29, 0.717) is 0 Å². The standard InChI is InChI=1S/C48H36O/c1-30-16-20-33(21-17-30)46(34-22-18-31(2)19-23-34)48-41-13-6-4-11-39(41)47(40-12-5-7-14-42(40)48)37-27-32(3)26-36(28-37)35-24-25-45-43(29-35)38-10-8-9-15-44(38)49-45/h4-29,46H,1-3H3. The van der Waals surface area contributed by atoms with Gasteiger partial charge in [0.1, 0.15) is 11.2 Å². The monoisotopic (exact) mass is 628 g/mol. The van der Waals surface area contributed by atoms with Crippen LogP contribution in [-0.4, -0.2) is 0 Å². The molecule has 0 aliphatic carbocycles. The lowest BCUT2D eigenvalue weighted by molar-refractivity contribution is 0.669. The van der Waals surface area contributed by atoms with Crippen LogP contribution >= 0.6 is 0 Å². The van der Waals surface area contributed by atoms with E-state index in [9.17, 15) is 0 Å². The van der Waals surface area contributed by atoms with Crippen LogP contribution in [-0.2, 0) is 0 Å². The molecule has 0 aliphatic heterocycles. The molecule has 1 heterocycles. The largest absolute Gasteiger partial charge is 0.456 e. The Morgan fingerprint density at radius 1 is 0.367 bits per heavy atom. The van der Waals surface area contributed by atoms with Crippen LogP contribution < -0.4 is 0 Å². The molecule has 0 saturated heterocycles. The van der Waals surface area contributed by atoms with Crippen molar-refractivity contribution in [1.82, 2.24) is 0 Å². The first-order chi connectivity index (χ1) is 24.0. The van der Waals surface area contributed by atoms with Gasteiger partial charge in [0.05, 0.1) is 0 Å². The third-order valence-electron chi connectivity index (χ3n) is 10.2. The predicted octanol–water partition coefficient (Wildman–Crippen LogP) is 13.3. The fourth-order valence-electron chi connectivity index (χ4n) is 7.83. The Kier molecular flexibility index (Phi) is 6.95. The summed E-state index contributed by atoms with van der Waals surface area (Å²) in [5, 5.41) is 7.42. The van der Waals surface area contributed by atoms with Crippen molar-refractivity contribution in [3.05, 3.63) is 191 Å². The minimum Gasteiger partial charge on any atom is -0.456 e. The smallest absolute Gasteiger partial charge is 0.135 e. The quantitative estimate of drug-likeness (QED) is 0.137. The first-order valence-corrected chi connectivity index (χ1v) is 17.1. The zero-order valence-electron chi connectivity index (χ0n) is 28.0. The zero-order valence-corrected chi connectivity index (χ0v) is 28.0. The van der Waals surface area contributed by atoms with E-state index in [1.807, 2.05) is 12.1 Å². The second-order valence-corrected chi connectivity index (χ2v) is 13.5. The lowest BCUT2D eigenvalue weighted by Crippen LogP contribution is -2.06. The van der Waals surface area contributed by atoms with Gasteiger partial charge in [-0.25, -0.2) is 0 Å². The normalized spacial score (nSPS) is 11.8. The van der Waals surface area contributed by atoms with Gasteiger partial charge in [0.25, 0.3) is 0 Å². The van der Waals surface area contributed by atoms with Crippen LogP contribution in [0.5, 0.6) is 0 Å². The van der Waals surface area contributed by atoms with Crippen LogP contribution in [0.15, 0.2) is 162 Å². The van der Waals surface area contributed by atoms with E-state index in [-0.39, 0.29) is 5.92 Å². The van der Waals surface area contributed by atoms with Crippen molar-refractivity contribution >= 4 is 43.5 Å². The van der Waals surface area contributed by atoms with Crippen molar-refractivity contribution in [3.8, 4) is 22.3 Å². The Labute approximate surface area is 287 Å². The van der Waals surface area contributed by atoms with Crippen LogP contribution in [0.25, 0.3) is 65.7 Å². The van der Waals surface area contributed by atoms with E-state index in [1.165, 1.54) is 77.2 Å². The van der Waals surface area contributed by atoms with Gasteiger partial charge in [-0.3, -0.25) is 0 Å². The van der Waals surface area contributed by atoms with Gasteiger partial charge in [0.15, 0.2) is 0 Å². The molecule has 0 spiro atoms. The summed E-state index contributed by atoms with van der Waals surface area (Å²) < 4.78 is 6.16. The van der Waals surface area contributed by atoms with Gasteiger partial charge in [-0.2, -0.15) is 0 Å². The number of hydrogen-bond acceptors (Lipinski definition) is 1. The molecule has 1 heteroatoms. The number of para-hydroxylation sites is 1. The van der Waals surface area contributed by atoms with Crippen molar-refractivity contribution in [1.29, 1.82) is 0 Å². The molecule has 0 saturated carbocycles. The minimum atomic E-state index is 0.0784. The highest BCUT2D eigenvalue weighted by atomic mass is 16.3. The molecule has 0 amide bonds. The molecule has 0 fully saturated rings. The number of fused-ring (bicyclic) bond motifs is 5. The summed E-state index contributed by atoms with van der Waals surface area (Å²) in [5.41, 5.74) is 14.5. The molecule has 0 radical (unpaired) electrons. The summed E-state index contributed by atoms with van der Waals surface area (Å²) in [7, 11) is 0. The summed E-state index contributed by atoms with van der Waals surface area (Å²) in [6, 6.07) is 58.2. The minimum absolute atomic E-state index is 0.0784. The zero-order chi connectivity index (χ0) is 33.1. The van der Waals surface area contributed by atoms with Gasteiger partial charge in [-0.05, 0) is 111 Å². The number of hydrogen-bond donors (Lipinski definition) is 0. The Hall–Kier alpha value is -5.92. The lowest BCUT2D eigenvalue weighted by Gasteiger charge is -2.25. The fraction of sp³-hybridized carbons (Fsp3) is 0.0833. The second kappa shape index (κ2) is 11.6. The van der Waals surface area contributed by atoms with E-state index in [2.05, 4.69) is 166 Å². The number of furan rings is 1. The summed E-state index contributed by atoms with van der Waals surface area (Å²) in [4.78, 5) is 0. The molecule has 234 valence electrons. The van der Waals surface area contributed by atoms with Crippen LogP contribution in [0.2, 0.25) is 0 Å². The fourth-order valence-corrected chi connectivity index (χ4v) is 7.83. The average molecular weight is 629 g/mol. The van der Waals surface area contributed by atoms with Gasteiger partial charge >= 0.3 is 0 Å². The maximum Gasteiger partial charge on any atom is 0.135 e. The van der Waals surface area contributed by atoms with Gasteiger partial charge < -0.3 is 4.42 Å². The highest BCUT2D eigenvalue weighted by Gasteiger charge is 2.24. The molecular weight excluding hydrogens is 593 g/mol. The molecule has 0 aliphatic rings. The van der Waals surface area contributed by atoms with Crippen molar-refractivity contribution in [3.63, 3.8) is 0 Å². The highest BCUT2D eigenvalue weighted by Crippen LogP contribution is 2.46. The lowest BCUT2D eigenvalue weighted by atomic mass is 9.78. The molecule has 8 aromatic carbocycles. The van der Waals surface area contributed by atoms with Crippen LogP contribution in [0.3, 0.4) is 0 Å². The molecule has 1 nitrogen and oxygen atoms in total. The Bertz CT molecular complexity index is 2570. The molecule has 1 aromatic heterocycles. The van der Waals surface area contributed by atoms with E-state index < -0.39 is 0 Å². The first kappa shape index (κ1) is 29.2. The molecule has 9 aromatic rings. The Morgan fingerprint density at radius 3 is 1.49 bits per heavy atom. The molecule has 49 heavy (non-hydrogen) atoms. The molecule has 0 atom stereocenters. The summed E-state index contributed by atoms with van der Waals surface area (Å²) in [5.74, 6) is 0.0784. The first-order valence-electron chi connectivity index (χ1n) is 17.1. The van der Waals surface area contributed by atoms with E-state index in [1.54, 1.807) is 0 Å². The van der Waals surface area contributed by atoms with E-state index in [4.69, 9.17) is 4.42 Å². The number of aryl methyl sites for hydroxylation is 3. The van der Waals surface area contributed by atoms with Crippen molar-refractivity contribution in [2.24, 2.45) is 0 Å². The average Bonchev–Trinajstić information content (AvgIpc) is 3.51. The third-order valence-corrected chi connectivity index (χ3v) is 10.2. The summed E-state index contributed by atoms with van der Waals surface area (Å²) in [6.45, 7) is 6.54. The van der Waals surface area contributed by atoms with Crippen LogP contribution in [0, 0.1) is 20.8 Å². The number of rotatable bonds is 5.